The lowest BCUT2D eigenvalue weighted by Gasteiger charge is -2.12. The highest BCUT2D eigenvalue weighted by atomic mass is 31.2. The first kappa shape index (κ1) is 16.9. The number of methoxy groups -OCH3 is 1. The summed E-state index contributed by atoms with van der Waals surface area (Å²) in [5.74, 6) is 0.427. The van der Waals surface area contributed by atoms with Crippen LogP contribution in [0, 0.1) is 0 Å². The molecule has 0 spiro atoms. The minimum absolute atomic E-state index is 0.136. The molecule has 0 unspecified atom stereocenters. The Morgan fingerprint density at radius 1 is 1.10 bits per heavy atom. The van der Waals surface area contributed by atoms with Crippen LogP contribution in [0.15, 0.2) is 24.3 Å². The van der Waals surface area contributed by atoms with E-state index in [4.69, 9.17) is 18.5 Å². The van der Waals surface area contributed by atoms with E-state index < -0.39 is 7.60 Å². The summed E-state index contributed by atoms with van der Waals surface area (Å²) in [5, 5.41) is 0. The standard InChI is InChI=1S/C13H19O6P/c1-16-13-6-4-11(5-7-13)8-19-9-12(14)10-20(15,17-2)18-3/h4-7H,8-10H2,1-3H3. The first-order valence-electron chi connectivity index (χ1n) is 5.96. The molecule has 0 bridgehead atoms. The van der Waals surface area contributed by atoms with E-state index in [0.29, 0.717) is 6.61 Å². The third-order valence-corrected chi connectivity index (χ3v) is 4.47. The lowest BCUT2D eigenvalue weighted by atomic mass is 10.2. The summed E-state index contributed by atoms with van der Waals surface area (Å²) in [6.45, 7) is 0.155. The second-order valence-electron chi connectivity index (χ2n) is 4.01. The van der Waals surface area contributed by atoms with E-state index in [1.807, 2.05) is 24.3 Å². The fraction of sp³-hybridized carbons (Fsp3) is 0.462. The lowest BCUT2D eigenvalue weighted by Crippen LogP contribution is -2.14. The van der Waals surface area contributed by atoms with E-state index in [-0.39, 0.29) is 18.6 Å². The van der Waals surface area contributed by atoms with Crippen molar-refractivity contribution in [3.05, 3.63) is 29.8 Å². The summed E-state index contributed by atoms with van der Waals surface area (Å²) in [4.78, 5) is 11.6. The average molecular weight is 302 g/mol. The van der Waals surface area contributed by atoms with Gasteiger partial charge in [0.05, 0.1) is 13.7 Å². The number of rotatable bonds is 9. The highest BCUT2D eigenvalue weighted by Crippen LogP contribution is 2.45. The van der Waals surface area contributed by atoms with E-state index in [9.17, 15) is 9.36 Å². The minimum atomic E-state index is -3.31. The average Bonchev–Trinajstić information content (AvgIpc) is 2.47. The molecule has 0 radical (unpaired) electrons. The number of benzene rings is 1. The van der Waals surface area contributed by atoms with Gasteiger partial charge in [-0.3, -0.25) is 9.36 Å². The van der Waals surface area contributed by atoms with Crippen molar-refractivity contribution in [3.63, 3.8) is 0 Å². The molecule has 1 aromatic rings. The molecule has 0 amide bonds. The monoisotopic (exact) mass is 302 g/mol. The molecule has 0 N–H and O–H groups in total. The summed E-state index contributed by atoms with van der Waals surface area (Å²) in [5.41, 5.74) is 0.917. The van der Waals surface area contributed by atoms with Gasteiger partial charge in [-0.1, -0.05) is 12.1 Å². The number of carbonyl (C=O) groups excluding carboxylic acids is 1. The maximum Gasteiger partial charge on any atom is 0.337 e. The van der Waals surface area contributed by atoms with Crippen LogP contribution in [0.2, 0.25) is 0 Å². The Morgan fingerprint density at radius 3 is 2.20 bits per heavy atom. The van der Waals surface area contributed by atoms with Gasteiger partial charge < -0.3 is 18.5 Å². The normalized spacial score (nSPS) is 11.3. The second kappa shape index (κ2) is 8.17. The van der Waals surface area contributed by atoms with Crippen LogP contribution in [-0.4, -0.2) is 39.9 Å². The van der Waals surface area contributed by atoms with E-state index in [1.54, 1.807) is 7.11 Å². The van der Waals surface area contributed by atoms with Crippen LogP contribution in [0.3, 0.4) is 0 Å². The van der Waals surface area contributed by atoms with Crippen LogP contribution in [0.25, 0.3) is 0 Å². The zero-order valence-electron chi connectivity index (χ0n) is 11.8. The van der Waals surface area contributed by atoms with E-state index in [1.165, 1.54) is 14.2 Å². The molecule has 0 aliphatic carbocycles. The Bertz CT molecular complexity index is 462. The number of hydrogen-bond acceptors (Lipinski definition) is 6. The lowest BCUT2D eigenvalue weighted by molar-refractivity contribution is -0.121. The van der Waals surface area contributed by atoms with Crippen LogP contribution in [0.5, 0.6) is 5.75 Å². The molecule has 20 heavy (non-hydrogen) atoms. The molecule has 6 nitrogen and oxygen atoms in total. The number of carbonyl (C=O) groups is 1. The minimum Gasteiger partial charge on any atom is -0.497 e. The Hall–Kier alpha value is -1.20. The van der Waals surface area contributed by atoms with Crippen molar-refractivity contribution in [3.8, 4) is 5.75 Å². The zero-order chi connectivity index (χ0) is 15.0. The van der Waals surface area contributed by atoms with Crippen molar-refractivity contribution in [2.24, 2.45) is 0 Å². The number of ketones is 1. The fourth-order valence-electron chi connectivity index (χ4n) is 1.47. The molecule has 1 aromatic carbocycles. The Kier molecular flexibility index (Phi) is 6.88. The summed E-state index contributed by atoms with van der Waals surface area (Å²) in [6.07, 6.45) is -0.289. The molecule has 0 heterocycles. The number of hydrogen-bond donors (Lipinski definition) is 0. The van der Waals surface area contributed by atoms with Crippen molar-refractivity contribution < 1.29 is 27.9 Å². The zero-order valence-corrected chi connectivity index (χ0v) is 12.7. The van der Waals surface area contributed by atoms with Gasteiger partial charge in [-0.25, -0.2) is 0 Å². The van der Waals surface area contributed by atoms with Gasteiger partial charge in [-0.15, -0.1) is 0 Å². The van der Waals surface area contributed by atoms with Gasteiger partial charge >= 0.3 is 7.60 Å². The predicted octanol–water partition coefficient (Wildman–Crippen LogP) is 2.27. The first-order chi connectivity index (χ1) is 9.53. The van der Waals surface area contributed by atoms with Gasteiger partial charge in [0.15, 0.2) is 5.78 Å². The summed E-state index contributed by atoms with van der Waals surface area (Å²) in [7, 11) is 0.777. The summed E-state index contributed by atoms with van der Waals surface area (Å²) < 4.78 is 31.4. The Morgan fingerprint density at radius 2 is 1.70 bits per heavy atom. The highest BCUT2D eigenvalue weighted by molar-refractivity contribution is 7.54. The largest absolute Gasteiger partial charge is 0.497 e. The predicted molar refractivity (Wildman–Crippen MR) is 74.1 cm³/mol. The number of ether oxygens (including phenoxy) is 2. The third kappa shape index (κ3) is 5.43. The molecule has 0 atom stereocenters. The Labute approximate surface area is 118 Å². The van der Waals surface area contributed by atoms with E-state index in [2.05, 4.69) is 0 Å². The molecule has 1 rings (SSSR count). The molecule has 0 aliphatic rings. The molecule has 0 aromatic heterocycles. The van der Waals surface area contributed by atoms with Crippen LogP contribution < -0.4 is 4.74 Å². The molecule has 112 valence electrons. The number of Topliss-reactive ketones (excluding diaryl/α,β-unsaturated/α-hetero) is 1. The van der Waals surface area contributed by atoms with Crippen molar-refractivity contribution in [2.45, 2.75) is 6.61 Å². The SMILES string of the molecule is COc1ccc(COCC(=O)CP(=O)(OC)OC)cc1. The summed E-state index contributed by atoms with van der Waals surface area (Å²) in [6, 6.07) is 7.31. The highest BCUT2D eigenvalue weighted by Gasteiger charge is 2.25. The van der Waals surface area contributed by atoms with E-state index >= 15 is 0 Å². The van der Waals surface area contributed by atoms with Gasteiger partial charge in [0.2, 0.25) is 0 Å². The van der Waals surface area contributed by atoms with Crippen molar-refractivity contribution >= 4 is 13.4 Å². The van der Waals surface area contributed by atoms with Gasteiger partial charge in [-0.2, -0.15) is 0 Å². The van der Waals surface area contributed by atoms with E-state index in [0.717, 1.165) is 11.3 Å². The topological polar surface area (TPSA) is 71.1 Å². The Balaban J connectivity index is 2.36. The maximum atomic E-state index is 11.7. The molecule has 0 saturated carbocycles. The first-order valence-corrected chi connectivity index (χ1v) is 7.68. The van der Waals surface area contributed by atoms with Gasteiger partial charge in [0.25, 0.3) is 0 Å². The molecule has 0 aliphatic heterocycles. The van der Waals surface area contributed by atoms with Crippen molar-refractivity contribution in [2.75, 3.05) is 34.1 Å². The van der Waals surface area contributed by atoms with Crippen LogP contribution >= 0.6 is 7.60 Å². The molecule has 7 heteroatoms. The molecular formula is C13H19O6P. The summed E-state index contributed by atoms with van der Waals surface area (Å²) >= 11 is 0. The fourth-order valence-corrected chi connectivity index (χ4v) is 2.40. The second-order valence-corrected chi connectivity index (χ2v) is 6.28. The third-order valence-electron chi connectivity index (χ3n) is 2.62. The quantitative estimate of drug-likeness (QED) is 0.652. The van der Waals surface area contributed by atoms with Gasteiger partial charge in [0.1, 0.15) is 18.5 Å². The van der Waals surface area contributed by atoms with Crippen LogP contribution in [-0.2, 0) is 29.8 Å². The molecule has 0 fully saturated rings. The van der Waals surface area contributed by atoms with Crippen molar-refractivity contribution in [1.82, 2.24) is 0 Å². The molecular weight excluding hydrogens is 283 g/mol. The van der Waals surface area contributed by atoms with Gasteiger partial charge in [0, 0.05) is 14.2 Å². The van der Waals surface area contributed by atoms with Crippen molar-refractivity contribution in [1.29, 1.82) is 0 Å². The van der Waals surface area contributed by atoms with Gasteiger partial charge in [-0.05, 0) is 17.7 Å². The molecule has 0 saturated heterocycles. The van der Waals surface area contributed by atoms with Crippen LogP contribution in [0.4, 0.5) is 0 Å². The van der Waals surface area contributed by atoms with Crippen LogP contribution in [0.1, 0.15) is 5.56 Å². The maximum absolute atomic E-state index is 11.7. The smallest absolute Gasteiger partial charge is 0.337 e.